The van der Waals surface area contributed by atoms with Gasteiger partial charge in [0.25, 0.3) is 10.0 Å². The van der Waals surface area contributed by atoms with E-state index in [1.54, 1.807) is 19.9 Å². The third-order valence-corrected chi connectivity index (χ3v) is 4.40. The normalized spacial score (nSPS) is 11.4. The van der Waals surface area contributed by atoms with Gasteiger partial charge in [0.05, 0.1) is 17.0 Å². The van der Waals surface area contributed by atoms with E-state index in [-0.39, 0.29) is 15.7 Å². The molecular weight excluding hydrogens is 304 g/mol. The van der Waals surface area contributed by atoms with E-state index in [2.05, 4.69) is 9.88 Å². The quantitative estimate of drug-likeness (QED) is 0.938. The van der Waals surface area contributed by atoms with Gasteiger partial charge in [-0.1, -0.05) is 16.8 Å². The van der Waals surface area contributed by atoms with Crippen molar-refractivity contribution in [3.8, 4) is 5.75 Å². The first-order chi connectivity index (χ1) is 9.33. The third-order valence-electron chi connectivity index (χ3n) is 2.61. The van der Waals surface area contributed by atoms with Crippen molar-refractivity contribution < 1.29 is 17.7 Å². The van der Waals surface area contributed by atoms with E-state index in [9.17, 15) is 8.42 Å². The van der Waals surface area contributed by atoms with Crippen LogP contribution in [0, 0.1) is 13.8 Å². The van der Waals surface area contributed by atoms with Gasteiger partial charge in [0.1, 0.15) is 11.5 Å². The highest BCUT2D eigenvalue weighted by Gasteiger charge is 2.20. The number of aromatic nitrogens is 1. The number of hydrogen-bond donors (Lipinski definition) is 1. The Morgan fingerprint density at radius 1 is 1.30 bits per heavy atom. The second kappa shape index (κ2) is 5.34. The van der Waals surface area contributed by atoms with Crippen LogP contribution in [0.25, 0.3) is 0 Å². The standard InChI is InChI=1S/C12H13ClN2O4S/c1-7-4-10(18-3)9(13)6-11(7)20(16,17)15-12-5-8(2)19-14-12/h4-6H,1-3H3,(H,14,15). The third kappa shape index (κ3) is 2.88. The lowest BCUT2D eigenvalue weighted by Gasteiger charge is -2.11. The van der Waals surface area contributed by atoms with Gasteiger partial charge in [-0.15, -0.1) is 0 Å². The Morgan fingerprint density at radius 3 is 2.55 bits per heavy atom. The number of halogens is 1. The minimum Gasteiger partial charge on any atom is -0.495 e. The van der Waals surface area contributed by atoms with Crippen LogP contribution in [0.15, 0.2) is 27.6 Å². The molecule has 1 heterocycles. The second-order valence-corrected chi connectivity index (χ2v) is 6.24. The Morgan fingerprint density at radius 2 is 2.00 bits per heavy atom. The zero-order chi connectivity index (χ0) is 14.9. The van der Waals surface area contributed by atoms with Gasteiger partial charge in [0, 0.05) is 6.07 Å². The van der Waals surface area contributed by atoms with E-state index in [4.69, 9.17) is 20.9 Å². The van der Waals surface area contributed by atoms with Crippen molar-refractivity contribution in [1.29, 1.82) is 0 Å². The molecule has 0 spiro atoms. The van der Waals surface area contributed by atoms with Crippen molar-refractivity contribution in [2.24, 2.45) is 0 Å². The molecule has 0 atom stereocenters. The van der Waals surface area contributed by atoms with Gasteiger partial charge in [-0.25, -0.2) is 8.42 Å². The van der Waals surface area contributed by atoms with Gasteiger partial charge < -0.3 is 9.26 Å². The molecule has 0 saturated heterocycles. The van der Waals surface area contributed by atoms with Gasteiger partial charge in [0.2, 0.25) is 0 Å². The average Bonchev–Trinajstić information content (AvgIpc) is 2.76. The van der Waals surface area contributed by atoms with Crippen LogP contribution in [-0.2, 0) is 10.0 Å². The fourth-order valence-electron chi connectivity index (χ4n) is 1.69. The van der Waals surface area contributed by atoms with Crippen LogP contribution in [0.2, 0.25) is 5.02 Å². The van der Waals surface area contributed by atoms with Crippen LogP contribution in [0.3, 0.4) is 0 Å². The molecule has 1 aromatic carbocycles. The monoisotopic (exact) mass is 316 g/mol. The maximum Gasteiger partial charge on any atom is 0.263 e. The number of sulfonamides is 1. The van der Waals surface area contributed by atoms with E-state index in [0.29, 0.717) is 17.1 Å². The van der Waals surface area contributed by atoms with Crippen molar-refractivity contribution in [3.05, 3.63) is 34.5 Å². The molecule has 20 heavy (non-hydrogen) atoms. The Kier molecular flexibility index (Phi) is 3.92. The van der Waals surface area contributed by atoms with Gasteiger partial charge in [-0.2, -0.15) is 0 Å². The molecule has 0 amide bonds. The summed E-state index contributed by atoms with van der Waals surface area (Å²) in [6.07, 6.45) is 0. The fourth-order valence-corrected chi connectivity index (χ4v) is 3.23. The highest BCUT2D eigenvalue weighted by molar-refractivity contribution is 7.92. The molecule has 0 saturated carbocycles. The van der Waals surface area contributed by atoms with Crippen molar-refractivity contribution in [1.82, 2.24) is 5.16 Å². The SMILES string of the molecule is COc1cc(C)c(S(=O)(=O)Nc2cc(C)on2)cc1Cl. The van der Waals surface area contributed by atoms with Gasteiger partial charge >= 0.3 is 0 Å². The molecule has 2 rings (SSSR count). The molecule has 0 bridgehead atoms. The first-order valence-electron chi connectivity index (χ1n) is 5.64. The first-order valence-corrected chi connectivity index (χ1v) is 7.50. The van der Waals surface area contributed by atoms with Crippen LogP contribution in [-0.4, -0.2) is 20.7 Å². The van der Waals surface area contributed by atoms with Gasteiger partial charge in [-0.05, 0) is 31.5 Å². The van der Waals surface area contributed by atoms with Crippen LogP contribution < -0.4 is 9.46 Å². The van der Waals surface area contributed by atoms with Crippen molar-refractivity contribution in [2.45, 2.75) is 18.7 Å². The first kappa shape index (κ1) is 14.7. The summed E-state index contributed by atoms with van der Waals surface area (Å²) in [4.78, 5) is 0.0592. The number of anilines is 1. The Balaban J connectivity index is 2.41. The van der Waals surface area contributed by atoms with Crippen LogP contribution >= 0.6 is 11.6 Å². The molecule has 2 aromatic rings. The van der Waals surface area contributed by atoms with Crippen molar-refractivity contribution in [3.63, 3.8) is 0 Å². The predicted molar refractivity (Wildman–Crippen MR) is 74.8 cm³/mol. The molecule has 0 aliphatic heterocycles. The highest BCUT2D eigenvalue weighted by atomic mass is 35.5. The van der Waals surface area contributed by atoms with Crippen molar-refractivity contribution >= 4 is 27.4 Å². The summed E-state index contributed by atoms with van der Waals surface area (Å²) < 4.78 is 36.8. The number of hydrogen-bond acceptors (Lipinski definition) is 5. The summed E-state index contributed by atoms with van der Waals surface area (Å²) in [7, 11) is -2.33. The number of methoxy groups -OCH3 is 1. The second-order valence-electron chi connectivity index (χ2n) is 4.18. The minimum absolute atomic E-state index is 0.0592. The smallest absolute Gasteiger partial charge is 0.263 e. The van der Waals surface area contributed by atoms with E-state index >= 15 is 0 Å². The Hall–Kier alpha value is -1.73. The molecule has 108 valence electrons. The zero-order valence-electron chi connectivity index (χ0n) is 11.1. The lowest BCUT2D eigenvalue weighted by molar-refractivity contribution is 0.400. The molecule has 1 aromatic heterocycles. The number of rotatable bonds is 4. The summed E-state index contributed by atoms with van der Waals surface area (Å²) in [5.41, 5.74) is 0.513. The number of ether oxygens (including phenoxy) is 1. The topological polar surface area (TPSA) is 81.4 Å². The van der Waals surface area contributed by atoms with Crippen LogP contribution in [0.4, 0.5) is 5.82 Å². The summed E-state index contributed by atoms with van der Waals surface area (Å²) in [5.74, 6) is 1.04. The molecule has 0 aliphatic carbocycles. The van der Waals surface area contributed by atoms with Gasteiger partial charge in [0.15, 0.2) is 5.82 Å². The van der Waals surface area contributed by atoms with E-state index in [1.165, 1.54) is 19.2 Å². The van der Waals surface area contributed by atoms with Crippen LogP contribution in [0.5, 0.6) is 5.75 Å². The Labute approximate surface area is 121 Å². The highest BCUT2D eigenvalue weighted by Crippen LogP contribution is 2.30. The summed E-state index contributed by atoms with van der Waals surface area (Å²) in [6, 6.07) is 4.38. The fraction of sp³-hybridized carbons (Fsp3) is 0.250. The maximum absolute atomic E-state index is 12.3. The molecule has 0 aliphatic rings. The average molecular weight is 317 g/mol. The van der Waals surface area contributed by atoms with E-state index in [1.807, 2.05) is 0 Å². The van der Waals surface area contributed by atoms with Gasteiger partial charge in [-0.3, -0.25) is 4.72 Å². The van der Waals surface area contributed by atoms with E-state index in [0.717, 1.165) is 0 Å². The Bertz CT molecular complexity index is 740. The zero-order valence-corrected chi connectivity index (χ0v) is 12.7. The molecule has 6 nitrogen and oxygen atoms in total. The maximum atomic E-state index is 12.3. The number of benzene rings is 1. The minimum atomic E-state index is -3.79. The molecule has 0 unspecified atom stereocenters. The summed E-state index contributed by atoms with van der Waals surface area (Å²) in [6.45, 7) is 3.32. The lowest BCUT2D eigenvalue weighted by atomic mass is 10.2. The number of aryl methyl sites for hydroxylation is 2. The molecular formula is C12H13ClN2O4S. The lowest BCUT2D eigenvalue weighted by Crippen LogP contribution is -2.14. The van der Waals surface area contributed by atoms with Crippen LogP contribution in [0.1, 0.15) is 11.3 Å². The molecule has 0 fully saturated rings. The molecule has 1 N–H and O–H groups in total. The summed E-state index contributed by atoms with van der Waals surface area (Å²) in [5, 5.41) is 3.81. The molecule has 0 radical (unpaired) electrons. The number of nitrogens with zero attached hydrogens (tertiary/aromatic N) is 1. The predicted octanol–water partition coefficient (Wildman–Crippen LogP) is 2.75. The van der Waals surface area contributed by atoms with Crippen molar-refractivity contribution in [2.75, 3.05) is 11.8 Å². The summed E-state index contributed by atoms with van der Waals surface area (Å²) >= 11 is 5.96. The molecule has 8 heteroatoms. The largest absolute Gasteiger partial charge is 0.495 e. The van der Waals surface area contributed by atoms with E-state index < -0.39 is 10.0 Å². The number of nitrogens with one attached hydrogen (secondary N) is 1.